The Hall–Kier alpha value is -2.57. The monoisotopic (exact) mass is 333 g/mol. The molecule has 0 aliphatic carbocycles. The zero-order valence-electron chi connectivity index (χ0n) is 14.3. The molecule has 0 spiro atoms. The van der Waals surface area contributed by atoms with Crippen LogP contribution >= 0.6 is 0 Å². The molecule has 0 radical (unpaired) electrons. The second kappa shape index (κ2) is 6.90. The van der Waals surface area contributed by atoms with E-state index < -0.39 is 12.1 Å². The van der Waals surface area contributed by atoms with Gasteiger partial charge in [0.25, 0.3) is 5.91 Å². The van der Waals surface area contributed by atoms with Gasteiger partial charge in [0.05, 0.1) is 6.04 Å². The van der Waals surface area contributed by atoms with E-state index >= 15 is 0 Å². The maximum Gasteiger partial charge on any atom is 0.405 e. The fraction of sp³-hybridized carbons (Fsp3) is 0.471. The van der Waals surface area contributed by atoms with Gasteiger partial charge in [0, 0.05) is 37.2 Å². The van der Waals surface area contributed by atoms with Gasteiger partial charge in [-0.25, -0.2) is 4.79 Å². The van der Waals surface area contributed by atoms with Crippen molar-refractivity contribution in [3.63, 3.8) is 0 Å². The summed E-state index contributed by atoms with van der Waals surface area (Å²) in [7, 11) is 1.53. The average Bonchev–Trinajstić information content (AvgIpc) is 2.54. The number of amides is 3. The van der Waals surface area contributed by atoms with Crippen LogP contribution in [0.2, 0.25) is 0 Å². The van der Waals surface area contributed by atoms with Gasteiger partial charge in [0.1, 0.15) is 0 Å². The topological polar surface area (TPSA) is 98.7 Å². The van der Waals surface area contributed by atoms with Crippen molar-refractivity contribution in [2.24, 2.45) is 5.92 Å². The zero-order valence-corrected chi connectivity index (χ0v) is 14.3. The van der Waals surface area contributed by atoms with E-state index in [9.17, 15) is 19.5 Å². The Kier molecular flexibility index (Phi) is 5.11. The summed E-state index contributed by atoms with van der Waals surface area (Å²) < 4.78 is 0. The lowest BCUT2D eigenvalue weighted by atomic mass is 9.80. The standard InChI is InChI=1S/C17H23N3O4/c1-5-13-9(2)15(19-17(23)24)12-8-11(16(22)18-4)6-7-14(12)20(13)10(3)21/h6-9,13,15,19H,5H2,1-4H3,(H,18,22)(H,23,24)/t9-,13-,15+/m0/s1. The van der Waals surface area contributed by atoms with Crippen molar-refractivity contribution in [1.29, 1.82) is 0 Å². The molecule has 7 nitrogen and oxygen atoms in total. The molecule has 0 bridgehead atoms. The van der Waals surface area contributed by atoms with E-state index in [1.807, 2.05) is 13.8 Å². The largest absolute Gasteiger partial charge is 0.465 e. The van der Waals surface area contributed by atoms with Crippen LogP contribution < -0.4 is 15.5 Å². The number of fused-ring (bicyclic) bond motifs is 1. The lowest BCUT2D eigenvalue weighted by Crippen LogP contribution is -2.51. The van der Waals surface area contributed by atoms with Crippen LogP contribution in [0.1, 0.15) is 49.2 Å². The first-order valence-electron chi connectivity index (χ1n) is 7.97. The fourth-order valence-corrected chi connectivity index (χ4v) is 3.53. The molecule has 3 amide bonds. The summed E-state index contributed by atoms with van der Waals surface area (Å²) in [5.41, 5.74) is 1.73. The molecule has 1 aromatic carbocycles. The Morgan fingerprint density at radius 3 is 2.46 bits per heavy atom. The Balaban J connectivity index is 2.64. The predicted octanol–water partition coefficient (Wildman–Crippen LogP) is 2.14. The van der Waals surface area contributed by atoms with Crippen LogP contribution in [-0.2, 0) is 4.79 Å². The van der Waals surface area contributed by atoms with E-state index in [0.29, 0.717) is 23.2 Å². The molecular weight excluding hydrogens is 310 g/mol. The van der Waals surface area contributed by atoms with E-state index in [1.54, 1.807) is 23.1 Å². The number of hydrogen-bond acceptors (Lipinski definition) is 3. The summed E-state index contributed by atoms with van der Waals surface area (Å²) in [6, 6.07) is 4.42. The molecule has 1 aliphatic rings. The van der Waals surface area contributed by atoms with Crippen molar-refractivity contribution in [1.82, 2.24) is 10.6 Å². The molecule has 3 N–H and O–H groups in total. The minimum Gasteiger partial charge on any atom is -0.465 e. The molecule has 1 aliphatic heterocycles. The third-order valence-electron chi connectivity index (χ3n) is 4.61. The van der Waals surface area contributed by atoms with Crippen LogP contribution in [0.25, 0.3) is 0 Å². The molecule has 24 heavy (non-hydrogen) atoms. The predicted molar refractivity (Wildman–Crippen MR) is 90.1 cm³/mol. The van der Waals surface area contributed by atoms with Crippen molar-refractivity contribution in [2.45, 2.75) is 39.3 Å². The van der Waals surface area contributed by atoms with E-state index in [2.05, 4.69) is 10.6 Å². The van der Waals surface area contributed by atoms with Crippen LogP contribution in [0.3, 0.4) is 0 Å². The second-order valence-electron chi connectivity index (χ2n) is 6.00. The van der Waals surface area contributed by atoms with Gasteiger partial charge in [-0.2, -0.15) is 0 Å². The number of benzene rings is 1. The van der Waals surface area contributed by atoms with E-state index in [4.69, 9.17) is 0 Å². The van der Waals surface area contributed by atoms with Gasteiger partial charge in [-0.05, 0) is 30.2 Å². The SMILES string of the molecule is CC[C@H]1[C@H](C)[C@@H](NC(=O)O)c2cc(C(=O)NC)ccc2N1C(C)=O. The third kappa shape index (κ3) is 3.06. The van der Waals surface area contributed by atoms with Crippen LogP contribution in [0.4, 0.5) is 10.5 Å². The first-order chi connectivity index (χ1) is 11.3. The summed E-state index contributed by atoms with van der Waals surface area (Å²) in [5.74, 6) is -0.481. The molecule has 0 unspecified atom stereocenters. The lowest BCUT2D eigenvalue weighted by molar-refractivity contribution is -0.117. The number of carbonyl (C=O) groups is 3. The van der Waals surface area contributed by atoms with Crippen LogP contribution in [0.5, 0.6) is 0 Å². The van der Waals surface area contributed by atoms with Crippen LogP contribution in [0, 0.1) is 5.92 Å². The first-order valence-corrected chi connectivity index (χ1v) is 7.97. The smallest absolute Gasteiger partial charge is 0.405 e. The molecule has 0 saturated heterocycles. The third-order valence-corrected chi connectivity index (χ3v) is 4.61. The molecule has 2 rings (SSSR count). The maximum atomic E-state index is 12.2. The van der Waals surface area contributed by atoms with E-state index in [-0.39, 0.29) is 23.8 Å². The lowest BCUT2D eigenvalue weighted by Gasteiger charge is -2.44. The van der Waals surface area contributed by atoms with Gasteiger partial charge in [-0.3, -0.25) is 9.59 Å². The quantitative estimate of drug-likeness (QED) is 0.789. The highest BCUT2D eigenvalue weighted by molar-refractivity contribution is 5.97. The van der Waals surface area contributed by atoms with Gasteiger partial charge < -0.3 is 20.6 Å². The van der Waals surface area contributed by atoms with Gasteiger partial charge >= 0.3 is 6.09 Å². The van der Waals surface area contributed by atoms with Crippen molar-refractivity contribution in [2.75, 3.05) is 11.9 Å². The van der Waals surface area contributed by atoms with Crippen molar-refractivity contribution in [3.8, 4) is 0 Å². The van der Waals surface area contributed by atoms with E-state index in [1.165, 1.54) is 14.0 Å². The molecule has 130 valence electrons. The number of hydrogen-bond donors (Lipinski definition) is 3. The zero-order chi connectivity index (χ0) is 18.0. The molecule has 0 saturated carbocycles. The summed E-state index contributed by atoms with van der Waals surface area (Å²) in [6.07, 6.45) is -0.427. The summed E-state index contributed by atoms with van der Waals surface area (Å²) >= 11 is 0. The van der Waals surface area contributed by atoms with Gasteiger partial charge in [-0.15, -0.1) is 0 Å². The van der Waals surface area contributed by atoms with Crippen molar-refractivity contribution >= 4 is 23.6 Å². The summed E-state index contributed by atoms with van der Waals surface area (Å²) in [4.78, 5) is 37.0. The van der Waals surface area contributed by atoms with Gasteiger partial charge in [0.2, 0.25) is 5.91 Å². The molecule has 0 aromatic heterocycles. The minimum atomic E-state index is -1.13. The number of nitrogens with one attached hydrogen (secondary N) is 2. The molecule has 1 aromatic rings. The highest BCUT2D eigenvalue weighted by atomic mass is 16.4. The Morgan fingerprint density at radius 2 is 1.96 bits per heavy atom. The van der Waals surface area contributed by atoms with Crippen LogP contribution in [-0.4, -0.2) is 36.1 Å². The number of nitrogens with zero attached hydrogens (tertiary/aromatic N) is 1. The highest BCUT2D eigenvalue weighted by Crippen LogP contribution is 2.42. The Bertz CT molecular complexity index is 674. The summed E-state index contributed by atoms with van der Waals surface area (Å²) in [5, 5.41) is 14.3. The first kappa shape index (κ1) is 17.8. The van der Waals surface area contributed by atoms with Crippen LogP contribution in [0.15, 0.2) is 18.2 Å². The average molecular weight is 333 g/mol. The van der Waals surface area contributed by atoms with E-state index in [0.717, 1.165) is 0 Å². The summed E-state index contributed by atoms with van der Waals surface area (Å²) in [6.45, 7) is 5.38. The number of anilines is 1. The molecule has 3 atom stereocenters. The molecule has 0 fully saturated rings. The normalized spacial score (nSPS) is 22.5. The van der Waals surface area contributed by atoms with Crippen molar-refractivity contribution in [3.05, 3.63) is 29.3 Å². The number of carboxylic acid groups (broad SMARTS) is 1. The molecule has 1 heterocycles. The minimum absolute atomic E-state index is 0.101. The van der Waals surface area contributed by atoms with Gasteiger partial charge in [-0.1, -0.05) is 13.8 Å². The molecule has 7 heteroatoms. The maximum absolute atomic E-state index is 12.2. The van der Waals surface area contributed by atoms with Crippen molar-refractivity contribution < 1.29 is 19.5 Å². The number of rotatable bonds is 3. The molecular formula is C17H23N3O4. The Labute approximate surface area is 141 Å². The Morgan fingerprint density at radius 1 is 1.29 bits per heavy atom. The highest BCUT2D eigenvalue weighted by Gasteiger charge is 2.40. The second-order valence-corrected chi connectivity index (χ2v) is 6.00. The fourth-order valence-electron chi connectivity index (χ4n) is 3.53. The van der Waals surface area contributed by atoms with Gasteiger partial charge in [0.15, 0.2) is 0 Å². The number of carbonyl (C=O) groups excluding carboxylic acids is 2.